The van der Waals surface area contributed by atoms with Crippen LogP contribution in [0.2, 0.25) is 0 Å². The molecule has 1 heterocycles. The van der Waals surface area contributed by atoms with Gasteiger partial charge >= 0.3 is 5.97 Å². The Morgan fingerprint density at radius 2 is 1.86 bits per heavy atom. The van der Waals surface area contributed by atoms with Gasteiger partial charge in [-0.25, -0.2) is 9.40 Å². The summed E-state index contributed by atoms with van der Waals surface area (Å²) in [6.07, 6.45) is 0.529. The highest BCUT2D eigenvalue weighted by molar-refractivity contribution is 9.10. The molecular formula is C21H20BrFN2O3S. The molecule has 1 atom stereocenters. The third-order valence-electron chi connectivity index (χ3n) is 4.35. The van der Waals surface area contributed by atoms with Crippen LogP contribution in [0.5, 0.6) is 0 Å². The molecule has 8 heteroatoms. The third kappa shape index (κ3) is 5.67. The number of benzene rings is 2. The lowest BCUT2D eigenvalue weighted by molar-refractivity contribution is -0.139. The van der Waals surface area contributed by atoms with E-state index in [-0.39, 0.29) is 35.2 Å². The minimum atomic E-state index is -0.346. The number of thioether (sulfide) groups is 1. The van der Waals surface area contributed by atoms with Crippen LogP contribution in [0, 0.1) is 5.82 Å². The van der Waals surface area contributed by atoms with Crippen LogP contribution in [0.1, 0.15) is 30.5 Å². The van der Waals surface area contributed by atoms with Gasteiger partial charge in [0.1, 0.15) is 5.82 Å². The van der Waals surface area contributed by atoms with E-state index in [4.69, 9.17) is 4.74 Å². The molecule has 1 amide bonds. The number of ether oxygens (including phenoxy) is 1. The first-order valence-corrected chi connectivity index (χ1v) is 11.1. The maximum Gasteiger partial charge on any atom is 0.315 e. The topological polar surface area (TPSA) is 59.0 Å². The molecule has 2 aromatic carbocycles. The molecule has 0 saturated heterocycles. The average Bonchev–Trinajstić information content (AvgIpc) is 3.15. The maximum absolute atomic E-state index is 13.4. The van der Waals surface area contributed by atoms with Gasteiger partial charge in [-0.15, -0.1) is 11.8 Å². The van der Waals surface area contributed by atoms with Crippen molar-refractivity contribution >= 4 is 45.3 Å². The number of esters is 1. The zero-order chi connectivity index (χ0) is 20.8. The molecule has 0 aliphatic carbocycles. The number of hydrazone groups is 1. The summed E-state index contributed by atoms with van der Waals surface area (Å²) >= 11 is 4.61. The molecule has 3 rings (SSSR count). The largest absolute Gasteiger partial charge is 0.465 e. The molecule has 0 bridgehead atoms. The lowest BCUT2D eigenvalue weighted by Gasteiger charge is -2.22. The van der Waals surface area contributed by atoms with Crippen LogP contribution in [0.15, 0.2) is 58.1 Å². The van der Waals surface area contributed by atoms with Crippen LogP contribution in [-0.2, 0) is 14.3 Å². The van der Waals surface area contributed by atoms with Crippen LogP contribution >= 0.6 is 27.7 Å². The molecule has 0 saturated carbocycles. The molecule has 1 unspecified atom stereocenters. The predicted octanol–water partition coefficient (Wildman–Crippen LogP) is 4.56. The van der Waals surface area contributed by atoms with Crippen LogP contribution in [-0.4, -0.2) is 40.7 Å². The quantitative estimate of drug-likeness (QED) is 0.547. The molecule has 0 N–H and O–H groups in total. The maximum atomic E-state index is 13.4. The summed E-state index contributed by atoms with van der Waals surface area (Å²) in [7, 11) is 0. The molecule has 0 radical (unpaired) electrons. The van der Waals surface area contributed by atoms with Gasteiger partial charge in [-0.3, -0.25) is 9.59 Å². The fourth-order valence-corrected chi connectivity index (χ4v) is 3.92. The number of amides is 1. The van der Waals surface area contributed by atoms with E-state index in [1.807, 2.05) is 24.3 Å². The van der Waals surface area contributed by atoms with Gasteiger partial charge in [0.25, 0.3) is 5.91 Å². The summed E-state index contributed by atoms with van der Waals surface area (Å²) in [6, 6.07) is 13.5. The molecule has 1 aliphatic rings. The Labute approximate surface area is 181 Å². The molecule has 29 heavy (non-hydrogen) atoms. The molecule has 5 nitrogen and oxygen atoms in total. The van der Waals surface area contributed by atoms with Crippen molar-refractivity contribution in [3.8, 4) is 0 Å². The van der Waals surface area contributed by atoms with E-state index in [2.05, 4.69) is 21.0 Å². The fraction of sp³-hybridized carbons (Fsp3) is 0.286. The van der Waals surface area contributed by atoms with Crippen molar-refractivity contribution < 1.29 is 18.7 Å². The van der Waals surface area contributed by atoms with Gasteiger partial charge in [0.15, 0.2) is 0 Å². The SMILES string of the molecule is CCOC(=O)CSCC(=O)N1N=C(c2ccc(Br)cc2)CC1c1ccc(F)cc1. The Kier molecular flexibility index (Phi) is 7.44. The normalized spacial score (nSPS) is 15.9. The fourth-order valence-electron chi connectivity index (χ4n) is 2.99. The van der Waals surface area contributed by atoms with E-state index < -0.39 is 0 Å². The predicted molar refractivity (Wildman–Crippen MR) is 115 cm³/mol. The summed E-state index contributed by atoms with van der Waals surface area (Å²) in [6.45, 7) is 2.05. The second kappa shape index (κ2) is 10.0. The minimum Gasteiger partial charge on any atom is -0.465 e. The van der Waals surface area contributed by atoms with Crippen molar-refractivity contribution in [2.75, 3.05) is 18.1 Å². The lowest BCUT2D eigenvalue weighted by atomic mass is 9.98. The summed E-state index contributed by atoms with van der Waals surface area (Å²) in [5.74, 6) is -0.670. The van der Waals surface area contributed by atoms with Gasteiger partial charge in [-0.05, 0) is 42.3 Å². The number of halogens is 2. The summed E-state index contributed by atoms with van der Waals surface area (Å²) in [5.41, 5.74) is 2.52. The standard InChI is InChI=1S/C21H20BrFN2O3S/c1-2-28-21(27)13-29-12-20(26)25-19(15-5-9-17(23)10-6-15)11-18(24-25)14-3-7-16(22)8-4-14/h3-10,19H,2,11-13H2,1H3. The monoisotopic (exact) mass is 478 g/mol. The number of hydrogen-bond donors (Lipinski definition) is 0. The van der Waals surface area contributed by atoms with Crippen LogP contribution < -0.4 is 0 Å². The van der Waals surface area contributed by atoms with Gasteiger partial charge in [0.2, 0.25) is 0 Å². The lowest BCUT2D eigenvalue weighted by Crippen LogP contribution is -2.29. The minimum absolute atomic E-state index is 0.105. The third-order valence-corrected chi connectivity index (χ3v) is 5.77. The van der Waals surface area contributed by atoms with Crippen molar-refractivity contribution in [2.24, 2.45) is 5.10 Å². The van der Waals surface area contributed by atoms with E-state index in [0.717, 1.165) is 21.3 Å². The van der Waals surface area contributed by atoms with Crippen molar-refractivity contribution in [3.05, 3.63) is 69.9 Å². The summed E-state index contributed by atoms with van der Waals surface area (Å²) in [5, 5.41) is 6.01. The van der Waals surface area contributed by atoms with Crippen LogP contribution in [0.25, 0.3) is 0 Å². The average molecular weight is 479 g/mol. The van der Waals surface area contributed by atoms with E-state index in [1.165, 1.54) is 28.9 Å². The molecular weight excluding hydrogens is 459 g/mol. The van der Waals surface area contributed by atoms with Crippen molar-refractivity contribution in [3.63, 3.8) is 0 Å². The molecule has 0 fully saturated rings. The Morgan fingerprint density at radius 1 is 1.17 bits per heavy atom. The van der Waals surface area contributed by atoms with E-state index in [9.17, 15) is 14.0 Å². The zero-order valence-corrected chi connectivity index (χ0v) is 18.2. The van der Waals surface area contributed by atoms with E-state index in [0.29, 0.717) is 13.0 Å². The Morgan fingerprint density at radius 3 is 2.52 bits per heavy atom. The van der Waals surface area contributed by atoms with Gasteiger partial charge in [0.05, 0.1) is 29.9 Å². The Bertz CT molecular complexity index is 903. The van der Waals surface area contributed by atoms with Crippen molar-refractivity contribution in [1.82, 2.24) is 5.01 Å². The molecule has 1 aliphatic heterocycles. The highest BCUT2D eigenvalue weighted by atomic mass is 79.9. The number of nitrogens with zero attached hydrogens (tertiary/aromatic N) is 2. The number of carbonyl (C=O) groups is 2. The number of carbonyl (C=O) groups excluding carboxylic acids is 2. The number of rotatable bonds is 7. The second-order valence-electron chi connectivity index (χ2n) is 6.36. The zero-order valence-electron chi connectivity index (χ0n) is 15.8. The summed E-state index contributed by atoms with van der Waals surface area (Å²) in [4.78, 5) is 24.3. The van der Waals surface area contributed by atoms with Gasteiger partial charge < -0.3 is 4.74 Å². The molecule has 2 aromatic rings. The van der Waals surface area contributed by atoms with Gasteiger partial charge in [-0.2, -0.15) is 5.10 Å². The van der Waals surface area contributed by atoms with E-state index >= 15 is 0 Å². The van der Waals surface area contributed by atoms with Crippen molar-refractivity contribution in [1.29, 1.82) is 0 Å². The second-order valence-corrected chi connectivity index (χ2v) is 8.26. The smallest absolute Gasteiger partial charge is 0.315 e. The van der Waals surface area contributed by atoms with Gasteiger partial charge in [-0.1, -0.05) is 40.2 Å². The Hall–Kier alpha value is -2.19. The van der Waals surface area contributed by atoms with Crippen LogP contribution in [0.3, 0.4) is 0 Å². The number of hydrogen-bond acceptors (Lipinski definition) is 5. The Balaban J connectivity index is 1.77. The molecule has 152 valence electrons. The molecule has 0 aromatic heterocycles. The first-order valence-electron chi connectivity index (χ1n) is 9.12. The summed E-state index contributed by atoms with van der Waals surface area (Å²) < 4.78 is 19.2. The first-order chi connectivity index (χ1) is 14.0. The highest BCUT2D eigenvalue weighted by Crippen LogP contribution is 2.33. The van der Waals surface area contributed by atoms with Crippen LogP contribution in [0.4, 0.5) is 4.39 Å². The van der Waals surface area contributed by atoms with Crippen molar-refractivity contribution in [2.45, 2.75) is 19.4 Å². The first kappa shape index (κ1) is 21.5. The molecule has 0 spiro atoms. The van der Waals surface area contributed by atoms with E-state index in [1.54, 1.807) is 19.1 Å². The van der Waals surface area contributed by atoms with Gasteiger partial charge in [0, 0.05) is 10.9 Å². The highest BCUT2D eigenvalue weighted by Gasteiger charge is 2.33.